The zero-order chi connectivity index (χ0) is 20.5. The van der Waals surface area contributed by atoms with E-state index in [4.69, 9.17) is 9.47 Å². The molecule has 150 valence electrons. The number of hydrogen-bond acceptors (Lipinski definition) is 4. The number of carbonyl (C=O) groups excluding carboxylic acids is 2. The highest BCUT2D eigenvalue weighted by atomic mass is 16.5. The van der Waals surface area contributed by atoms with Crippen molar-refractivity contribution in [2.75, 3.05) is 20.3 Å². The van der Waals surface area contributed by atoms with Crippen molar-refractivity contribution in [1.82, 2.24) is 10.2 Å². The Hall–Kier alpha value is -3.02. The van der Waals surface area contributed by atoms with E-state index in [2.05, 4.69) is 5.32 Å². The van der Waals surface area contributed by atoms with Crippen LogP contribution in [0, 0.1) is 6.92 Å². The Morgan fingerprint density at radius 1 is 1.11 bits per heavy atom. The van der Waals surface area contributed by atoms with Gasteiger partial charge in [0.15, 0.2) is 18.1 Å². The van der Waals surface area contributed by atoms with Crippen LogP contribution < -0.4 is 14.8 Å². The summed E-state index contributed by atoms with van der Waals surface area (Å²) in [5, 5.41) is 2.78. The van der Waals surface area contributed by atoms with Crippen LogP contribution >= 0.6 is 0 Å². The van der Waals surface area contributed by atoms with E-state index in [1.165, 1.54) is 4.90 Å². The van der Waals surface area contributed by atoms with E-state index >= 15 is 0 Å². The molecule has 1 N–H and O–H groups in total. The Bertz CT molecular complexity index is 807. The van der Waals surface area contributed by atoms with Gasteiger partial charge in [0.2, 0.25) is 5.91 Å². The number of nitrogens with zero attached hydrogens (tertiary/aromatic N) is 1. The second-order valence-electron chi connectivity index (χ2n) is 6.52. The fourth-order valence-corrected chi connectivity index (χ4v) is 2.87. The van der Waals surface area contributed by atoms with Gasteiger partial charge in [-0.05, 0) is 38.5 Å². The molecule has 6 heteroatoms. The summed E-state index contributed by atoms with van der Waals surface area (Å²) in [5.41, 5.74) is 2.06. The number of hydrogen-bond donors (Lipinski definition) is 1. The lowest BCUT2D eigenvalue weighted by molar-refractivity contribution is -0.142. The number of benzene rings is 2. The number of likely N-dealkylation sites (N-methyl/N-ethyl adjacent to an activating group) is 1. The SMILES string of the molecule is CCNC(=O)[C@@H](C)N(Cc1cccc(C)c1)C(=O)COc1ccccc1OC. The Morgan fingerprint density at radius 2 is 1.82 bits per heavy atom. The Kier molecular flexibility index (Phi) is 7.87. The number of methoxy groups -OCH3 is 1. The summed E-state index contributed by atoms with van der Waals surface area (Å²) in [6.07, 6.45) is 0. The molecule has 0 aromatic heterocycles. The quantitative estimate of drug-likeness (QED) is 0.722. The highest BCUT2D eigenvalue weighted by molar-refractivity contribution is 5.87. The summed E-state index contributed by atoms with van der Waals surface area (Å²) in [7, 11) is 1.55. The third-order valence-corrected chi connectivity index (χ3v) is 4.37. The van der Waals surface area contributed by atoms with Crippen LogP contribution in [0.3, 0.4) is 0 Å². The molecule has 1 atom stereocenters. The van der Waals surface area contributed by atoms with E-state index in [0.29, 0.717) is 24.6 Å². The van der Waals surface area contributed by atoms with Crippen molar-refractivity contribution < 1.29 is 19.1 Å². The van der Waals surface area contributed by atoms with Crippen molar-refractivity contribution in [2.45, 2.75) is 33.4 Å². The fourth-order valence-electron chi connectivity index (χ4n) is 2.87. The van der Waals surface area contributed by atoms with Gasteiger partial charge in [-0.3, -0.25) is 9.59 Å². The molecule has 0 aliphatic rings. The third-order valence-electron chi connectivity index (χ3n) is 4.37. The molecule has 0 radical (unpaired) electrons. The van der Waals surface area contributed by atoms with Gasteiger partial charge in [0.05, 0.1) is 7.11 Å². The van der Waals surface area contributed by atoms with Crippen molar-refractivity contribution in [1.29, 1.82) is 0 Å². The lowest BCUT2D eigenvalue weighted by atomic mass is 10.1. The molecule has 0 aliphatic carbocycles. The topological polar surface area (TPSA) is 67.9 Å². The van der Waals surface area contributed by atoms with Crippen LogP contribution in [-0.2, 0) is 16.1 Å². The van der Waals surface area contributed by atoms with Gasteiger partial charge in [-0.15, -0.1) is 0 Å². The molecule has 28 heavy (non-hydrogen) atoms. The number of ether oxygens (including phenoxy) is 2. The number of carbonyl (C=O) groups is 2. The summed E-state index contributed by atoms with van der Waals surface area (Å²) in [6.45, 7) is 6.22. The molecular weight excluding hydrogens is 356 g/mol. The highest BCUT2D eigenvalue weighted by Crippen LogP contribution is 2.25. The molecule has 0 saturated heterocycles. The molecule has 0 heterocycles. The molecule has 0 bridgehead atoms. The van der Waals surface area contributed by atoms with Crippen LogP contribution in [0.1, 0.15) is 25.0 Å². The first-order chi connectivity index (χ1) is 13.5. The number of nitrogens with one attached hydrogen (secondary N) is 1. The Labute approximate surface area is 166 Å². The monoisotopic (exact) mass is 384 g/mol. The van der Waals surface area contributed by atoms with Crippen LogP contribution in [0.4, 0.5) is 0 Å². The zero-order valence-corrected chi connectivity index (χ0v) is 16.9. The molecule has 2 aromatic carbocycles. The minimum atomic E-state index is -0.616. The van der Waals surface area contributed by atoms with Gasteiger partial charge in [0.25, 0.3) is 5.91 Å². The maximum Gasteiger partial charge on any atom is 0.261 e. The standard InChI is InChI=1S/C22H28N2O4/c1-5-23-22(26)17(3)24(14-18-10-8-9-16(2)13-18)21(25)15-28-20-12-7-6-11-19(20)27-4/h6-13,17H,5,14-15H2,1-4H3,(H,23,26)/t17-/m1/s1. The lowest BCUT2D eigenvalue weighted by Gasteiger charge is -2.28. The summed E-state index contributed by atoms with van der Waals surface area (Å²) < 4.78 is 10.9. The first kappa shape index (κ1) is 21.3. The van der Waals surface area contributed by atoms with Gasteiger partial charge in [-0.25, -0.2) is 0 Å². The number of para-hydroxylation sites is 2. The van der Waals surface area contributed by atoms with Crippen LogP contribution in [0.2, 0.25) is 0 Å². The minimum absolute atomic E-state index is 0.185. The van der Waals surface area contributed by atoms with Crippen molar-refractivity contribution in [3.63, 3.8) is 0 Å². The van der Waals surface area contributed by atoms with Crippen LogP contribution in [0.25, 0.3) is 0 Å². The Morgan fingerprint density at radius 3 is 2.46 bits per heavy atom. The maximum absolute atomic E-state index is 12.9. The third kappa shape index (κ3) is 5.74. The predicted molar refractivity (Wildman–Crippen MR) is 108 cm³/mol. The van der Waals surface area contributed by atoms with Gasteiger partial charge in [0, 0.05) is 13.1 Å². The molecule has 2 aromatic rings. The van der Waals surface area contributed by atoms with Crippen molar-refractivity contribution >= 4 is 11.8 Å². The lowest BCUT2D eigenvalue weighted by Crippen LogP contribution is -2.49. The molecule has 0 spiro atoms. The molecule has 0 saturated carbocycles. The predicted octanol–water partition coefficient (Wildman–Crippen LogP) is 2.94. The summed E-state index contributed by atoms with van der Waals surface area (Å²) in [4.78, 5) is 26.8. The molecule has 0 aliphatic heterocycles. The van der Waals surface area contributed by atoms with Gasteiger partial charge in [-0.1, -0.05) is 42.0 Å². The smallest absolute Gasteiger partial charge is 0.261 e. The largest absolute Gasteiger partial charge is 0.493 e. The van der Waals surface area contributed by atoms with Crippen molar-refractivity contribution in [3.8, 4) is 11.5 Å². The minimum Gasteiger partial charge on any atom is -0.493 e. The second-order valence-corrected chi connectivity index (χ2v) is 6.52. The summed E-state index contributed by atoms with van der Waals surface area (Å²) in [6, 6.07) is 14.4. The normalized spacial score (nSPS) is 11.4. The van der Waals surface area contributed by atoms with Gasteiger partial charge >= 0.3 is 0 Å². The molecule has 0 unspecified atom stereocenters. The zero-order valence-electron chi connectivity index (χ0n) is 16.9. The summed E-state index contributed by atoms with van der Waals surface area (Å²) >= 11 is 0. The van der Waals surface area contributed by atoms with Gasteiger partial charge in [0.1, 0.15) is 6.04 Å². The first-order valence-corrected chi connectivity index (χ1v) is 9.34. The molecule has 2 rings (SSSR count). The average Bonchev–Trinajstić information content (AvgIpc) is 2.70. The maximum atomic E-state index is 12.9. The van der Waals surface area contributed by atoms with E-state index in [1.54, 1.807) is 26.2 Å². The van der Waals surface area contributed by atoms with Crippen LogP contribution in [-0.4, -0.2) is 43.0 Å². The van der Waals surface area contributed by atoms with Gasteiger partial charge < -0.3 is 19.7 Å². The molecule has 6 nitrogen and oxygen atoms in total. The first-order valence-electron chi connectivity index (χ1n) is 9.34. The van der Waals surface area contributed by atoms with Crippen molar-refractivity contribution in [2.24, 2.45) is 0 Å². The van der Waals surface area contributed by atoms with E-state index in [1.807, 2.05) is 50.2 Å². The fraction of sp³-hybridized carbons (Fsp3) is 0.364. The summed E-state index contributed by atoms with van der Waals surface area (Å²) in [5.74, 6) is 0.573. The van der Waals surface area contributed by atoms with E-state index < -0.39 is 6.04 Å². The average molecular weight is 384 g/mol. The van der Waals surface area contributed by atoms with Crippen LogP contribution in [0.5, 0.6) is 11.5 Å². The molecule has 0 fully saturated rings. The van der Waals surface area contributed by atoms with Crippen molar-refractivity contribution in [3.05, 3.63) is 59.7 Å². The highest BCUT2D eigenvalue weighted by Gasteiger charge is 2.26. The van der Waals surface area contributed by atoms with Crippen LogP contribution in [0.15, 0.2) is 48.5 Å². The number of rotatable bonds is 9. The molecule has 2 amide bonds. The van der Waals surface area contributed by atoms with Gasteiger partial charge in [-0.2, -0.15) is 0 Å². The van der Waals surface area contributed by atoms with E-state index in [0.717, 1.165) is 11.1 Å². The number of amides is 2. The number of aryl methyl sites for hydroxylation is 1. The Balaban J connectivity index is 2.16. The molecular formula is C22H28N2O4. The van der Waals surface area contributed by atoms with E-state index in [9.17, 15) is 9.59 Å². The van der Waals surface area contributed by atoms with E-state index in [-0.39, 0.29) is 18.4 Å². The second kappa shape index (κ2) is 10.3.